The van der Waals surface area contributed by atoms with Crippen LogP contribution in [-0.4, -0.2) is 121 Å². The fourth-order valence-corrected chi connectivity index (χ4v) is 13.9. The van der Waals surface area contributed by atoms with Crippen molar-refractivity contribution in [2.45, 2.75) is 107 Å². The number of esters is 2. The highest BCUT2D eigenvalue weighted by Gasteiger charge is 2.80. The Morgan fingerprint density at radius 3 is 2.58 bits per heavy atom. The van der Waals surface area contributed by atoms with Crippen molar-refractivity contribution in [2.24, 2.45) is 16.7 Å². The molecular weight excluding hydrogens is 749 g/mol. The van der Waals surface area contributed by atoms with Crippen LogP contribution in [0.2, 0.25) is 0 Å². The number of rotatable bonds is 9. The molecule has 2 saturated heterocycles. The second kappa shape index (κ2) is 14.2. The van der Waals surface area contributed by atoms with Gasteiger partial charge in [-0.15, -0.1) is 0 Å². The number of fused-ring (bicyclic) bond motifs is 6. The molecule has 3 aromatic rings. The summed E-state index contributed by atoms with van der Waals surface area (Å²) >= 11 is 0. The number of anilines is 1. The Kier molecular flexibility index (Phi) is 9.66. The molecule has 0 radical (unpaired) electrons. The summed E-state index contributed by atoms with van der Waals surface area (Å²) in [6.07, 6.45) is 7.55. The van der Waals surface area contributed by atoms with Gasteiger partial charge < -0.3 is 39.2 Å². The zero-order valence-electron chi connectivity index (χ0n) is 35.4. The summed E-state index contributed by atoms with van der Waals surface area (Å²) in [6, 6.07) is 11.5. The SMILES string of the molecule is CCC1(C)CC2CN(CCc3c([nH]c4ccccc34)[C@@](COC=O)(c3cc4c(cc3CO)N(C)[C@H]3[C@@](O)(C(=O)OC)[C@H](OC(C)=O)[C@]5(CC)C=CCN6CC[C@]43[C@@H]65)C2)C1. The number of aliphatic hydroxyl groups is 2. The minimum atomic E-state index is -2.27. The van der Waals surface area contributed by atoms with E-state index in [4.69, 9.17) is 14.2 Å². The van der Waals surface area contributed by atoms with E-state index >= 15 is 0 Å². The predicted molar refractivity (Wildman–Crippen MR) is 223 cm³/mol. The number of para-hydroxylation sites is 1. The lowest BCUT2D eigenvalue weighted by Gasteiger charge is -2.63. The summed E-state index contributed by atoms with van der Waals surface area (Å²) in [5.74, 6) is -1.19. The lowest BCUT2D eigenvalue weighted by atomic mass is 9.47. The van der Waals surface area contributed by atoms with Crippen molar-refractivity contribution < 1.29 is 38.8 Å². The van der Waals surface area contributed by atoms with Gasteiger partial charge in [0.05, 0.1) is 25.2 Å². The molecule has 1 aromatic heterocycles. The minimum absolute atomic E-state index is 0.0610. The number of aromatic amines is 1. The number of H-pyrrole nitrogens is 1. The van der Waals surface area contributed by atoms with Gasteiger partial charge in [-0.1, -0.05) is 57.2 Å². The zero-order chi connectivity index (χ0) is 41.7. The summed E-state index contributed by atoms with van der Waals surface area (Å²) in [6.45, 7) is 12.6. The predicted octanol–water partition coefficient (Wildman–Crippen LogP) is 4.75. The van der Waals surface area contributed by atoms with Gasteiger partial charge in [0.2, 0.25) is 5.60 Å². The quantitative estimate of drug-likeness (QED) is 0.119. The third kappa shape index (κ3) is 5.44. The van der Waals surface area contributed by atoms with Crippen molar-refractivity contribution in [1.82, 2.24) is 14.8 Å². The Labute approximate surface area is 346 Å². The molecule has 1 aliphatic carbocycles. The third-order valence-electron chi connectivity index (χ3n) is 16.1. The van der Waals surface area contributed by atoms with Crippen molar-refractivity contribution in [2.75, 3.05) is 58.4 Å². The highest BCUT2D eigenvalue weighted by molar-refractivity contribution is 5.88. The van der Waals surface area contributed by atoms with Gasteiger partial charge >= 0.3 is 11.9 Å². The standard InChI is InChI=1S/C47H60N4O8/c1-7-43(4)22-30-23-45(27-58-28-53,38-33(14-18-50(24-30)26-43)32-12-9-10-13-36(32)48-38)34-21-35-37(20-31(34)25-52)49(5)40-46(35)16-19-51-17-11-15-44(8-2,39(46)51)41(59-29(3)54)47(40,56)42(55)57-6/h9-13,15,20-21,28,30,39-41,48,52,56H,7-8,14,16-19,22-27H2,1-6H3/t30?,39-,40+,41+,43?,44+,45-,46+,47-/m0/s1. The first-order chi connectivity index (χ1) is 28.3. The first kappa shape index (κ1) is 40.2. The highest BCUT2D eigenvalue weighted by atomic mass is 16.6. The van der Waals surface area contributed by atoms with E-state index < -0.39 is 45.9 Å². The first-order valence-electron chi connectivity index (χ1n) is 21.6. The summed E-state index contributed by atoms with van der Waals surface area (Å²) in [7, 11) is 3.16. The number of aromatic nitrogens is 1. The van der Waals surface area contributed by atoms with Crippen LogP contribution >= 0.6 is 0 Å². The molecule has 12 nitrogen and oxygen atoms in total. The number of aliphatic hydroxyl groups excluding tert-OH is 1. The summed E-state index contributed by atoms with van der Waals surface area (Å²) in [4.78, 5) is 50.8. The van der Waals surface area contributed by atoms with Gasteiger partial charge in [0.15, 0.2) is 6.10 Å². The van der Waals surface area contributed by atoms with E-state index in [1.54, 1.807) is 0 Å². The zero-order valence-corrected chi connectivity index (χ0v) is 35.4. The Morgan fingerprint density at radius 2 is 1.86 bits per heavy atom. The minimum Gasteiger partial charge on any atom is -0.467 e. The number of methoxy groups -OCH3 is 1. The molecule has 1 saturated carbocycles. The van der Waals surface area contributed by atoms with Crippen molar-refractivity contribution in [3.05, 3.63) is 76.5 Å². The fourth-order valence-electron chi connectivity index (χ4n) is 13.9. The molecule has 2 aromatic carbocycles. The molecule has 6 heterocycles. The molecule has 5 aliphatic heterocycles. The first-order valence-corrected chi connectivity index (χ1v) is 21.6. The molecule has 12 heteroatoms. The van der Waals surface area contributed by atoms with Crippen LogP contribution in [0.5, 0.6) is 0 Å². The Balaban J connectivity index is 1.35. The van der Waals surface area contributed by atoms with Gasteiger partial charge in [0.25, 0.3) is 6.47 Å². The molecular formula is C47H60N4O8. The second-order valence-corrected chi connectivity index (χ2v) is 19.0. The highest BCUT2D eigenvalue weighted by Crippen LogP contribution is 2.68. The maximum absolute atomic E-state index is 14.4. The Hall–Kier alpha value is -4.23. The number of hydrogen-bond donors (Lipinski definition) is 3. The van der Waals surface area contributed by atoms with Crippen LogP contribution in [0.3, 0.4) is 0 Å². The number of likely N-dealkylation sites (N-methyl/N-ethyl adjacent to an activating group) is 1. The third-order valence-corrected chi connectivity index (χ3v) is 16.1. The molecule has 59 heavy (non-hydrogen) atoms. The number of benzene rings is 2. The summed E-state index contributed by atoms with van der Waals surface area (Å²) in [5.41, 5.74) is 1.68. The lowest BCUT2D eigenvalue weighted by molar-refractivity contribution is -0.228. The molecule has 2 bridgehead atoms. The molecule has 9 rings (SSSR count). The molecule has 0 amide bonds. The average molecular weight is 809 g/mol. The number of hydrogen-bond acceptors (Lipinski definition) is 11. The molecule has 3 fully saturated rings. The van der Waals surface area contributed by atoms with E-state index in [1.165, 1.54) is 19.6 Å². The topological polar surface area (TPSA) is 145 Å². The van der Waals surface area contributed by atoms with E-state index in [0.717, 1.165) is 72.3 Å². The monoisotopic (exact) mass is 808 g/mol. The van der Waals surface area contributed by atoms with Gasteiger partial charge in [-0.2, -0.15) is 0 Å². The van der Waals surface area contributed by atoms with Crippen LogP contribution in [0, 0.1) is 16.7 Å². The molecule has 1 spiro atoms. The van der Waals surface area contributed by atoms with Gasteiger partial charge in [-0.25, -0.2) is 4.79 Å². The molecule has 3 N–H and O–H groups in total. The van der Waals surface area contributed by atoms with Gasteiger partial charge in [0, 0.05) is 79.3 Å². The van der Waals surface area contributed by atoms with Gasteiger partial charge in [-0.3, -0.25) is 14.5 Å². The second-order valence-electron chi connectivity index (χ2n) is 19.0. The van der Waals surface area contributed by atoms with Crippen molar-refractivity contribution in [3.63, 3.8) is 0 Å². The molecule has 316 valence electrons. The smallest absolute Gasteiger partial charge is 0.344 e. The van der Waals surface area contributed by atoms with E-state index in [1.807, 2.05) is 31.0 Å². The summed E-state index contributed by atoms with van der Waals surface area (Å²) < 4.78 is 17.7. The number of carbonyl (C=O) groups is 3. The lowest BCUT2D eigenvalue weighted by Crippen LogP contribution is -2.81. The largest absolute Gasteiger partial charge is 0.467 e. The average Bonchev–Trinajstić information content (AvgIpc) is 3.89. The van der Waals surface area contributed by atoms with Crippen LogP contribution in [0.1, 0.15) is 87.7 Å². The Morgan fingerprint density at radius 1 is 1.07 bits per heavy atom. The van der Waals surface area contributed by atoms with Crippen LogP contribution < -0.4 is 4.90 Å². The number of carbonyl (C=O) groups excluding carboxylic acids is 3. The molecule has 3 unspecified atom stereocenters. The molecule has 6 aliphatic rings. The van der Waals surface area contributed by atoms with E-state index in [2.05, 4.69) is 65.0 Å². The molecule has 10 atom stereocenters. The van der Waals surface area contributed by atoms with Gasteiger partial charge in [-0.05, 0) is 90.8 Å². The van der Waals surface area contributed by atoms with Crippen LogP contribution in [0.25, 0.3) is 10.9 Å². The Bertz CT molecular complexity index is 2220. The number of nitrogens with one attached hydrogen (secondary N) is 1. The maximum Gasteiger partial charge on any atom is 0.344 e. The van der Waals surface area contributed by atoms with Crippen molar-refractivity contribution in [3.8, 4) is 0 Å². The van der Waals surface area contributed by atoms with Crippen LogP contribution in [-0.2, 0) is 52.5 Å². The van der Waals surface area contributed by atoms with Gasteiger partial charge in [0.1, 0.15) is 6.61 Å². The van der Waals surface area contributed by atoms with Crippen molar-refractivity contribution in [1.29, 1.82) is 0 Å². The van der Waals surface area contributed by atoms with E-state index in [-0.39, 0.29) is 30.6 Å². The number of piperidine rings is 1. The van der Waals surface area contributed by atoms with E-state index in [9.17, 15) is 24.6 Å². The normalized spacial score (nSPS) is 37.0. The number of ether oxygens (including phenoxy) is 3. The van der Waals surface area contributed by atoms with Crippen LogP contribution in [0.4, 0.5) is 5.69 Å². The fraction of sp³-hybridized carbons (Fsp3) is 0.596. The maximum atomic E-state index is 14.4. The summed E-state index contributed by atoms with van der Waals surface area (Å²) in [5, 5.41) is 26.0. The number of nitrogens with zero attached hydrogens (tertiary/aromatic N) is 3. The van der Waals surface area contributed by atoms with Crippen molar-refractivity contribution >= 4 is 35.0 Å². The van der Waals surface area contributed by atoms with E-state index in [0.29, 0.717) is 44.4 Å². The van der Waals surface area contributed by atoms with Crippen LogP contribution in [0.15, 0.2) is 48.6 Å².